The van der Waals surface area contributed by atoms with Gasteiger partial charge in [-0.1, -0.05) is 0 Å². The van der Waals surface area contributed by atoms with Crippen LogP contribution in [0.25, 0.3) is 0 Å². The summed E-state index contributed by atoms with van der Waals surface area (Å²) in [5, 5.41) is 3.60. The number of piperidine rings is 2. The first-order valence-corrected chi connectivity index (χ1v) is 7.06. The van der Waals surface area contributed by atoms with Gasteiger partial charge in [0.2, 0.25) is 0 Å². The Kier molecular flexibility index (Phi) is 3.58. The van der Waals surface area contributed by atoms with Crippen LogP contribution < -0.4 is 5.32 Å². The summed E-state index contributed by atoms with van der Waals surface area (Å²) in [6.45, 7) is 9.91. The first kappa shape index (κ1) is 13.7. The van der Waals surface area contributed by atoms with Gasteiger partial charge in [0.1, 0.15) is 5.60 Å². The molecule has 104 valence electrons. The number of carbonyl (C=O) groups is 1. The number of carbonyl (C=O) groups excluding carboxylic acids is 1. The van der Waals surface area contributed by atoms with E-state index in [1.54, 1.807) is 0 Å². The topological polar surface area (TPSA) is 41.6 Å². The molecule has 2 saturated heterocycles. The summed E-state index contributed by atoms with van der Waals surface area (Å²) < 4.78 is 5.53. The van der Waals surface area contributed by atoms with E-state index in [9.17, 15) is 4.79 Å². The maximum absolute atomic E-state index is 12.3. The summed E-state index contributed by atoms with van der Waals surface area (Å²) >= 11 is 0. The average molecular weight is 254 g/mol. The fraction of sp³-hybridized carbons (Fsp3) is 0.929. The molecular formula is C14H26N2O2. The molecule has 0 bridgehead atoms. The van der Waals surface area contributed by atoms with Gasteiger partial charge in [-0.25, -0.2) is 4.79 Å². The lowest BCUT2D eigenvalue weighted by Crippen LogP contribution is -2.66. The zero-order chi connectivity index (χ0) is 13.4. The first-order valence-electron chi connectivity index (χ1n) is 7.06. The maximum Gasteiger partial charge on any atom is 0.410 e. The average Bonchev–Trinajstić information content (AvgIpc) is 2.24. The number of nitrogens with zero attached hydrogens (tertiary/aromatic N) is 1. The molecule has 0 aromatic rings. The number of ether oxygens (including phenoxy) is 1. The highest BCUT2D eigenvalue weighted by molar-refractivity contribution is 5.69. The summed E-state index contributed by atoms with van der Waals surface area (Å²) in [4.78, 5) is 14.2. The third-order valence-corrected chi connectivity index (χ3v) is 4.02. The fourth-order valence-corrected chi connectivity index (χ4v) is 3.17. The normalized spacial score (nSPS) is 32.9. The van der Waals surface area contributed by atoms with E-state index in [1.807, 2.05) is 25.7 Å². The molecule has 0 spiro atoms. The highest BCUT2D eigenvalue weighted by atomic mass is 16.6. The zero-order valence-electron chi connectivity index (χ0n) is 12.1. The van der Waals surface area contributed by atoms with Crippen molar-refractivity contribution in [2.75, 3.05) is 13.1 Å². The standard InChI is InChI=1S/C14H26N2O2/c1-13(2,3)18-12(17)16-10-6-8-14(4)11(16)7-5-9-15-14/h11,15H,5-10H2,1-4H3/t11?,14-/m0/s1. The van der Waals surface area contributed by atoms with E-state index >= 15 is 0 Å². The molecule has 18 heavy (non-hydrogen) atoms. The predicted molar refractivity (Wildman–Crippen MR) is 71.6 cm³/mol. The minimum Gasteiger partial charge on any atom is -0.444 e. The molecule has 0 radical (unpaired) electrons. The molecule has 0 aromatic carbocycles. The minimum absolute atomic E-state index is 0.0768. The summed E-state index contributed by atoms with van der Waals surface area (Å²) in [7, 11) is 0. The maximum atomic E-state index is 12.3. The molecule has 4 nitrogen and oxygen atoms in total. The number of amides is 1. The van der Waals surface area contributed by atoms with Crippen molar-refractivity contribution in [1.82, 2.24) is 10.2 Å². The molecule has 2 fully saturated rings. The molecule has 0 aromatic heterocycles. The van der Waals surface area contributed by atoms with Crippen molar-refractivity contribution < 1.29 is 9.53 Å². The monoisotopic (exact) mass is 254 g/mol. The second-order valence-electron chi connectivity index (χ2n) is 6.78. The van der Waals surface area contributed by atoms with Crippen LogP contribution in [0.4, 0.5) is 4.79 Å². The van der Waals surface area contributed by atoms with Crippen molar-refractivity contribution in [2.45, 2.75) is 70.6 Å². The SMILES string of the molecule is CC(C)(C)OC(=O)N1CCC[C@]2(C)NCCCC12. The molecule has 2 aliphatic heterocycles. The number of nitrogens with one attached hydrogen (secondary N) is 1. The number of fused-ring (bicyclic) bond motifs is 1. The third-order valence-electron chi connectivity index (χ3n) is 4.02. The van der Waals surface area contributed by atoms with E-state index in [4.69, 9.17) is 4.74 Å². The van der Waals surface area contributed by atoms with Gasteiger partial charge in [-0.15, -0.1) is 0 Å². The molecule has 0 saturated carbocycles. The lowest BCUT2D eigenvalue weighted by molar-refractivity contribution is -0.0162. The number of hydrogen-bond acceptors (Lipinski definition) is 3. The second kappa shape index (κ2) is 4.72. The Morgan fingerprint density at radius 1 is 1.39 bits per heavy atom. The van der Waals surface area contributed by atoms with Crippen LogP contribution in [-0.2, 0) is 4.74 Å². The smallest absolute Gasteiger partial charge is 0.410 e. The van der Waals surface area contributed by atoms with Crippen molar-refractivity contribution >= 4 is 6.09 Å². The van der Waals surface area contributed by atoms with E-state index in [2.05, 4.69) is 12.2 Å². The van der Waals surface area contributed by atoms with Gasteiger partial charge in [-0.3, -0.25) is 0 Å². The summed E-state index contributed by atoms with van der Waals surface area (Å²) in [5.74, 6) is 0. The van der Waals surface area contributed by atoms with Crippen LogP contribution in [0.1, 0.15) is 53.4 Å². The largest absolute Gasteiger partial charge is 0.444 e. The van der Waals surface area contributed by atoms with Crippen molar-refractivity contribution in [3.63, 3.8) is 0 Å². The Hall–Kier alpha value is -0.770. The van der Waals surface area contributed by atoms with Gasteiger partial charge in [0, 0.05) is 12.1 Å². The predicted octanol–water partition coefficient (Wildman–Crippen LogP) is 2.53. The van der Waals surface area contributed by atoms with Crippen molar-refractivity contribution in [2.24, 2.45) is 0 Å². The lowest BCUT2D eigenvalue weighted by atomic mass is 9.78. The van der Waals surface area contributed by atoms with E-state index < -0.39 is 5.60 Å². The van der Waals surface area contributed by atoms with Crippen LogP contribution in [0.3, 0.4) is 0 Å². The van der Waals surface area contributed by atoms with Crippen LogP contribution in [0.2, 0.25) is 0 Å². The molecule has 1 amide bonds. The molecule has 2 aliphatic rings. The first-order chi connectivity index (χ1) is 8.32. The zero-order valence-corrected chi connectivity index (χ0v) is 12.1. The second-order valence-corrected chi connectivity index (χ2v) is 6.78. The van der Waals surface area contributed by atoms with Crippen molar-refractivity contribution in [3.05, 3.63) is 0 Å². The number of likely N-dealkylation sites (tertiary alicyclic amines) is 1. The van der Waals surface area contributed by atoms with E-state index in [0.717, 1.165) is 38.8 Å². The molecule has 2 heterocycles. The molecule has 4 heteroatoms. The summed E-state index contributed by atoms with van der Waals surface area (Å²) in [6.07, 6.45) is 4.28. The van der Waals surface area contributed by atoms with Gasteiger partial charge < -0.3 is 15.0 Å². The molecule has 2 atom stereocenters. The van der Waals surface area contributed by atoms with Crippen LogP contribution in [-0.4, -0.2) is 41.3 Å². The van der Waals surface area contributed by atoms with Crippen LogP contribution in [0.15, 0.2) is 0 Å². The van der Waals surface area contributed by atoms with E-state index in [1.165, 1.54) is 0 Å². The molecule has 1 unspecified atom stereocenters. The Labute approximate surface area is 110 Å². The minimum atomic E-state index is -0.410. The third kappa shape index (κ3) is 2.79. The molecule has 2 rings (SSSR count). The quantitative estimate of drug-likeness (QED) is 0.722. The molecule has 1 N–H and O–H groups in total. The Morgan fingerprint density at radius 2 is 2.11 bits per heavy atom. The Bertz CT molecular complexity index is 320. The number of hydrogen-bond donors (Lipinski definition) is 1. The van der Waals surface area contributed by atoms with Gasteiger partial charge in [0.25, 0.3) is 0 Å². The Morgan fingerprint density at radius 3 is 2.78 bits per heavy atom. The van der Waals surface area contributed by atoms with Gasteiger partial charge in [0.05, 0.1) is 6.04 Å². The molecular weight excluding hydrogens is 228 g/mol. The summed E-state index contributed by atoms with van der Waals surface area (Å²) in [5.41, 5.74) is -0.333. The van der Waals surface area contributed by atoms with E-state index in [-0.39, 0.29) is 17.7 Å². The van der Waals surface area contributed by atoms with Gasteiger partial charge in [-0.2, -0.15) is 0 Å². The van der Waals surface area contributed by atoms with Gasteiger partial charge >= 0.3 is 6.09 Å². The van der Waals surface area contributed by atoms with Gasteiger partial charge in [0.15, 0.2) is 0 Å². The lowest BCUT2D eigenvalue weighted by Gasteiger charge is -2.51. The summed E-state index contributed by atoms with van der Waals surface area (Å²) in [6, 6.07) is 0.287. The van der Waals surface area contributed by atoms with Crippen LogP contribution in [0.5, 0.6) is 0 Å². The Balaban J connectivity index is 2.09. The highest BCUT2D eigenvalue weighted by Crippen LogP contribution is 2.33. The van der Waals surface area contributed by atoms with Crippen molar-refractivity contribution in [1.29, 1.82) is 0 Å². The molecule has 0 aliphatic carbocycles. The van der Waals surface area contributed by atoms with Crippen LogP contribution >= 0.6 is 0 Å². The fourth-order valence-electron chi connectivity index (χ4n) is 3.17. The van der Waals surface area contributed by atoms with Crippen LogP contribution in [0, 0.1) is 0 Å². The highest BCUT2D eigenvalue weighted by Gasteiger charge is 2.45. The van der Waals surface area contributed by atoms with E-state index in [0.29, 0.717) is 0 Å². The number of rotatable bonds is 0. The van der Waals surface area contributed by atoms with Crippen molar-refractivity contribution in [3.8, 4) is 0 Å². The van der Waals surface area contributed by atoms with Gasteiger partial charge in [-0.05, 0) is 59.9 Å².